The molecule has 0 heterocycles. The first-order valence-corrected chi connectivity index (χ1v) is 28.5. The van der Waals surface area contributed by atoms with Gasteiger partial charge in [0.1, 0.15) is 6.61 Å². The number of carbonyl (C=O) groups excluding carboxylic acids is 3. The molecule has 2 atom stereocenters. The molecule has 0 saturated heterocycles. The Morgan fingerprint density at radius 3 is 1.34 bits per heavy atom. The van der Waals surface area contributed by atoms with Crippen molar-refractivity contribution in [1.29, 1.82) is 0 Å². The summed E-state index contributed by atoms with van der Waals surface area (Å²) in [6, 6.07) is 0. The van der Waals surface area contributed by atoms with Gasteiger partial charge in [0.15, 0.2) is 6.10 Å². The van der Waals surface area contributed by atoms with Gasteiger partial charge in [0, 0.05) is 25.8 Å². The van der Waals surface area contributed by atoms with Crippen LogP contribution in [0.3, 0.4) is 0 Å². The lowest BCUT2D eigenvalue weighted by Gasteiger charge is -2.25. The van der Waals surface area contributed by atoms with E-state index < -0.39 is 32.5 Å². The largest absolute Gasteiger partial charge is 0.756 e. The third kappa shape index (κ3) is 49.7. The third-order valence-electron chi connectivity index (χ3n) is 11.8. The normalized spacial score (nSPS) is 13.1. The second kappa shape index (κ2) is 49.9. The fraction of sp³-hybridized carbons (Fsp3) is 0.868. The molecule has 11 nitrogen and oxygen atoms in total. The summed E-state index contributed by atoms with van der Waals surface area (Å²) >= 11 is 0. The van der Waals surface area contributed by atoms with Crippen molar-refractivity contribution in [1.82, 2.24) is 5.32 Å². The SMILES string of the molecule is CCCCCCCC/C=C/CCCCCCCC(=O)OCC(COP(=O)([O-])OCCNC(=O)CCCCCCCCCCC[NH3+])OC(=O)CCCCCCC/C=C/CCCCCCCC. The van der Waals surface area contributed by atoms with Gasteiger partial charge in [0.05, 0.1) is 19.8 Å². The zero-order valence-corrected chi connectivity index (χ0v) is 43.0. The number of hydrogen-bond acceptors (Lipinski definition) is 9. The first kappa shape index (κ1) is 63.0. The number of esters is 2. The molecule has 0 bridgehead atoms. The molecule has 0 aromatic rings. The lowest BCUT2D eigenvalue weighted by Crippen LogP contribution is -2.50. The molecule has 0 aromatic carbocycles. The Balaban J connectivity index is 4.55. The second-order valence-corrected chi connectivity index (χ2v) is 19.6. The highest BCUT2D eigenvalue weighted by Gasteiger charge is 2.21. The minimum atomic E-state index is -4.79. The van der Waals surface area contributed by atoms with Crippen LogP contribution >= 0.6 is 7.82 Å². The van der Waals surface area contributed by atoms with Gasteiger partial charge in [0.25, 0.3) is 7.82 Å². The van der Waals surface area contributed by atoms with E-state index in [4.69, 9.17) is 18.5 Å². The average Bonchev–Trinajstić information content (AvgIpc) is 3.29. The molecule has 0 saturated carbocycles. The van der Waals surface area contributed by atoms with Crippen molar-refractivity contribution in [3.05, 3.63) is 24.3 Å². The Labute approximate surface area is 399 Å². The average molecular weight is 941 g/mol. The van der Waals surface area contributed by atoms with E-state index in [1.54, 1.807) is 0 Å². The summed E-state index contributed by atoms with van der Waals surface area (Å²) in [6.45, 7) is 4.38. The Kier molecular flexibility index (Phi) is 48.3. The molecule has 0 spiro atoms. The number of ether oxygens (including phenoxy) is 2. The maximum absolute atomic E-state index is 12.8. The van der Waals surface area contributed by atoms with Gasteiger partial charge in [-0.25, -0.2) is 0 Å². The number of carbonyl (C=O) groups is 3. The number of phosphoric ester groups is 1. The third-order valence-corrected chi connectivity index (χ3v) is 12.7. The second-order valence-electron chi connectivity index (χ2n) is 18.2. The van der Waals surface area contributed by atoms with Crippen LogP contribution in [0.2, 0.25) is 0 Å². The molecular weight excluding hydrogens is 840 g/mol. The predicted molar refractivity (Wildman–Crippen MR) is 266 cm³/mol. The van der Waals surface area contributed by atoms with Gasteiger partial charge in [-0.15, -0.1) is 0 Å². The first-order chi connectivity index (χ1) is 31.7. The molecule has 2 unspecified atom stereocenters. The number of unbranched alkanes of at least 4 members (excludes halogenated alkanes) is 30. The molecule has 382 valence electrons. The van der Waals surface area contributed by atoms with E-state index in [0.29, 0.717) is 19.3 Å². The van der Waals surface area contributed by atoms with Crippen LogP contribution in [0, 0.1) is 0 Å². The number of quaternary nitrogens is 1. The number of hydrogen-bond donors (Lipinski definition) is 2. The van der Waals surface area contributed by atoms with E-state index in [9.17, 15) is 23.8 Å². The van der Waals surface area contributed by atoms with Crippen molar-refractivity contribution in [2.75, 3.05) is 32.9 Å². The van der Waals surface area contributed by atoms with Crippen LogP contribution in [-0.2, 0) is 37.5 Å². The summed E-state index contributed by atoms with van der Waals surface area (Å²) in [5.41, 5.74) is 3.88. The lowest BCUT2D eigenvalue weighted by molar-refractivity contribution is -0.368. The molecule has 0 aliphatic carbocycles. The standard InChI is InChI=1S/C53H101N2O9P/c1-3-5-7-9-11-13-15-17-19-21-23-27-31-35-39-43-52(57)61-48-50(64-53(58)44-40-36-32-28-24-22-20-18-16-14-12-10-8-6-4-2)49-63-65(59,60)62-47-46-55-51(56)42-38-34-30-26-25-29-33-37-41-45-54/h17-20,50H,3-16,21-49,54H2,1-2H3,(H,55,56)(H,59,60)/b19-17+,20-18+. The van der Waals surface area contributed by atoms with Crippen molar-refractivity contribution in [2.45, 2.75) is 264 Å². The van der Waals surface area contributed by atoms with Crippen molar-refractivity contribution in [2.24, 2.45) is 0 Å². The van der Waals surface area contributed by atoms with E-state index >= 15 is 0 Å². The summed E-state index contributed by atoms with van der Waals surface area (Å²) in [5, 5.41) is 2.69. The summed E-state index contributed by atoms with van der Waals surface area (Å²) in [4.78, 5) is 50.2. The molecular formula is C53H101N2O9P. The fourth-order valence-electron chi connectivity index (χ4n) is 7.65. The van der Waals surface area contributed by atoms with Gasteiger partial charge in [-0.2, -0.15) is 0 Å². The molecule has 0 aliphatic heterocycles. The Morgan fingerprint density at radius 2 is 0.892 bits per heavy atom. The van der Waals surface area contributed by atoms with Gasteiger partial charge in [0.2, 0.25) is 5.91 Å². The summed E-state index contributed by atoms with van der Waals surface area (Å²) < 4.78 is 33.6. The molecule has 65 heavy (non-hydrogen) atoms. The molecule has 1 amide bonds. The zero-order valence-electron chi connectivity index (χ0n) is 42.1. The first-order valence-electron chi connectivity index (χ1n) is 27.0. The number of phosphoric acid groups is 1. The van der Waals surface area contributed by atoms with Crippen LogP contribution in [0.1, 0.15) is 258 Å². The van der Waals surface area contributed by atoms with Crippen LogP contribution in [0.4, 0.5) is 0 Å². The zero-order chi connectivity index (χ0) is 47.6. The highest BCUT2D eigenvalue weighted by molar-refractivity contribution is 7.45. The van der Waals surface area contributed by atoms with Gasteiger partial charge in [-0.3, -0.25) is 18.9 Å². The molecule has 12 heteroatoms. The van der Waals surface area contributed by atoms with E-state index in [1.165, 1.54) is 122 Å². The number of rotatable bonds is 51. The van der Waals surface area contributed by atoms with Gasteiger partial charge in [-0.1, -0.05) is 179 Å². The lowest BCUT2D eigenvalue weighted by atomic mass is 10.1. The molecule has 0 aliphatic rings. The van der Waals surface area contributed by atoms with Gasteiger partial charge < -0.3 is 34.5 Å². The van der Waals surface area contributed by atoms with E-state index in [2.05, 4.69) is 49.2 Å². The minimum absolute atomic E-state index is 0.0179. The number of nitrogens with one attached hydrogen (secondary N) is 1. The smallest absolute Gasteiger partial charge is 0.306 e. The predicted octanol–water partition coefficient (Wildman–Crippen LogP) is 13.3. The Hall–Kier alpha value is -2.04. The Morgan fingerprint density at radius 1 is 0.508 bits per heavy atom. The van der Waals surface area contributed by atoms with Crippen LogP contribution in [0.5, 0.6) is 0 Å². The quantitative estimate of drug-likeness (QED) is 0.0261. The minimum Gasteiger partial charge on any atom is -0.756 e. The maximum Gasteiger partial charge on any atom is 0.306 e. The van der Waals surface area contributed by atoms with Gasteiger partial charge >= 0.3 is 11.9 Å². The molecule has 0 fully saturated rings. The highest BCUT2D eigenvalue weighted by Crippen LogP contribution is 2.38. The van der Waals surface area contributed by atoms with Crippen molar-refractivity contribution in [3.8, 4) is 0 Å². The molecule has 0 rings (SSSR count). The van der Waals surface area contributed by atoms with Crippen LogP contribution < -0.4 is 15.9 Å². The van der Waals surface area contributed by atoms with Crippen LogP contribution in [-0.4, -0.2) is 56.9 Å². The maximum atomic E-state index is 12.8. The molecule has 0 aromatic heterocycles. The van der Waals surface area contributed by atoms with Crippen LogP contribution in [0.25, 0.3) is 0 Å². The number of amides is 1. The molecule has 0 radical (unpaired) electrons. The van der Waals surface area contributed by atoms with Crippen molar-refractivity contribution >= 4 is 25.7 Å². The molecule has 4 N–H and O–H groups in total. The fourth-order valence-corrected chi connectivity index (χ4v) is 8.39. The summed E-state index contributed by atoms with van der Waals surface area (Å²) in [5.74, 6) is -1.06. The highest BCUT2D eigenvalue weighted by atomic mass is 31.2. The van der Waals surface area contributed by atoms with Gasteiger partial charge in [-0.05, 0) is 83.5 Å². The topological polar surface area (TPSA) is 168 Å². The monoisotopic (exact) mass is 941 g/mol. The van der Waals surface area contributed by atoms with Crippen molar-refractivity contribution in [3.63, 3.8) is 0 Å². The summed E-state index contributed by atoms with van der Waals surface area (Å²) in [6.07, 6.45) is 49.2. The Bertz CT molecular complexity index is 1180. The van der Waals surface area contributed by atoms with Crippen LogP contribution in [0.15, 0.2) is 24.3 Å². The number of allylic oxidation sites excluding steroid dienone is 4. The van der Waals surface area contributed by atoms with E-state index in [1.807, 2.05) is 0 Å². The van der Waals surface area contributed by atoms with E-state index in [0.717, 1.165) is 96.4 Å². The van der Waals surface area contributed by atoms with E-state index in [-0.39, 0.29) is 38.5 Å². The summed E-state index contributed by atoms with van der Waals surface area (Å²) in [7, 11) is -4.79. The van der Waals surface area contributed by atoms with Crippen molar-refractivity contribution < 1.29 is 48.1 Å².